The molecule has 1 aromatic carbocycles. The first-order chi connectivity index (χ1) is 9.16. The lowest BCUT2D eigenvalue weighted by atomic mass is 10.0. The van der Waals surface area contributed by atoms with Crippen LogP contribution in [0, 0.1) is 0 Å². The predicted octanol–water partition coefficient (Wildman–Crippen LogP) is 2.78. The first-order valence-corrected chi connectivity index (χ1v) is 5.63. The molecule has 2 aromatic heterocycles. The number of carboxylic acids is 1. The molecule has 5 nitrogen and oxygen atoms in total. The quantitative estimate of drug-likeness (QED) is 0.733. The number of hydrogen-bond donors (Lipinski definition) is 2. The maximum atomic E-state index is 11.3. The van der Waals surface area contributed by atoms with Crippen LogP contribution in [0.25, 0.3) is 22.1 Å². The Labute approximate surface area is 108 Å². The Kier molecular flexibility index (Phi) is 2.45. The van der Waals surface area contributed by atoms with Gasteiger partial charge in [-0.15, -0.1) is 0 Å². The van der Waals surface area contributed by atoms with Crippen molar-refractivity contribution < 1.29 is 14.3 Å². The fourth-order valence-electron chi connectivity index (χ4n) is 2.04. The summed E-state index contributed by atoms with van der Waals surface area (Å²) in [6, 6.07) is 10.5. The number of benzene rings is 1. The summed E-state index contributed by atoms with van der Waals surface area (Å²) in [5.74, 6) is -0.816. The van der Waals surface area contributed by atoms with Crippen molar-refractivity contribution in [2.24, 2.45) is 0 Å². The van der Waals surface area contributed by atoms with Gasteiger partial charge in [-0.25, -0.2) is 9.78 Å². The van der Waals surface area contributed by atoms with E-state index in [4.69, 9.17) is 10.2 Å². The van der Waals surface area contributed by atoms with Crippen LogP contribution in [0.15, 0.2) is 47.0 Å². The molecule has 3 N–H and O–H groups in total. The number of aromatic nitrogens is 1. The molecule has 0 saturated carbocycles. The van der Waals surface area contributed by atoms with Gasteiger partial charge in [0, 0.05) is 22.7 Å². The monoisotopic (exact) mass is 254 g/mol. The van der Waals surface area contributed by atoms with Gasteiger partial charge < -0.3 is 15.3 Å². The number of carboxylic acid groups (broad SMARTS) is 1. The van der Waals surface area contributed by atoms with Gasteiger partial charge in [-0.2, -0.15) is 0 Å². The Morgan fingerprint density at radius 3 is 2.68 bits per heavy atom. The van der Waals surface area contributed by atoms with Crippen molar-refractivity contribution in [1.82, 2.24) is 4.98 Å². The zero-order valence-corrected chi connectivity index (χ0v) is 9.83. The van der Waals surface area contributed by atoms with Gasteiger partial charge in [0.15, 0.2) is 0 Å². The summed E-state index contributed by atoms with van der Waals surface area (Å²) in [6.45, 7) is 0. The summed E-state index contributed by atoms with van der Waals surface area (Å²) in [5.41, 5.74) is 7.26. The van der Waals surface area contributed by atoms with Crippen molar-refractivity contribution in [2.45, 2.75) is 0 Å². The lowest BCUT2D eigenvalue weighted by Crippen LogP contribution is -1.97. The van der Waals surface area contributed by atoms with Crippen LogP contribution in [0.2, 0.25) is 0 Å². The molecular formula is C14H10N2O3. The van der Waals surface area contributed by atoms with Gasteiger partial charge in [0.1, 0.15) is 11.4 Å². The van der Waals surface area contributed by atoms with Crippen LogP contribution >= 0.6 is 0 Å². The second-order valence-corrected chi connectivity index (χ2v) is 4.08. The molecule has 5 heteroatoms. The molecule has 0 aliphatic heterocycles. The first-order valence-electron chi connectivity index (χ1n) is 5.63. The van der Waals surface area contributed by atoms with E-state index in [0.717, 1.165) is 5.39 Å². The van der Waals surface area contributed by atoms with Crippen molar-refractivity contribution in [2.75, 3.05) is 5.73 Å². The van der Waals surface area contributed by atoms with E-state index in [1.54, 1.807) is 30.5 Å². The molecule has 19 heavy (non-hydrogen) atoms. The molecule has 0 aliphatic carbocycles. The highest BCUT2D eigenvalue weighted by molar-refractivity contribution is 6.05. The molecule has 2 heterocycles. The standard InChI is InChI=1S/C14H10N2O3/c15-11-6-5-8(7-16-11)12-9-3-1-2-4-10(9)19-13(12)14(17)18/h1-7H,(H2,15,16)(H,17,18). The van der Waals surface area contributed by atoms with Gasteiger partial charge in [-0.1, -0.05) is 18.2 Å². The average molecular weight is 254 g/mol. The van der Waals surface area contributed by atoms with Crippen LogP contribution in [0.3, 0.4) is 0 Å². The zero-order valence-electron chi connectivity index (χ0n) is 9.83. The number of rotatable bonds is 2. The summed E-state index contributed by atoms with van der Waals surface area (Å²) >= 11 is 0. The summed E-state index contributed by atoms with van der Waals surface area (Å²) in [5, 5.41) is 9.99. The van der Waals surface area contributed by atoms with Gasteiger partial charge in [-0.05, 0) is 18.2 Å². The lowest BCUT2D eigenvalue weighted by molar-refractivity contribution is 0.0666. The number of hydrogen-bond acceptors (Lipinski definition) is 4. The van der Waals surface area contributed by atoms with Gasteiger partial charge in [-0.3, -0.25) is 0 Å². The molecule has 0 fully saturated rings. The van der Waals surface area contributed by atoms with E-state index in [1.807, 2.05) is 12.1 Å². The van der Waals surface area contributed by atoms with Gasteiger partial charge in [0.2, 0.25) is 5.76 Å². The van der Waals surface area contributed by atoms with Crippen LogP contribution in [0.5, 0.6) is 0 Å². The topological polar surface area (TPSA) is 89.4 Å². The average Bonchev–Trinajstić information content (AvgIpc) is 2.79. The van der Waals surface area contributed by atoms with Gasteiger partial charge in [0.25, 0.3) is 0 Å². The van der Waals surface area contributed by atoms with Gasteiger partial charge in [0.05, 0.1) is 0 Å². The number of pyridine rings is 1. The van der Waals surface area contributed by atoms with E-state index in [0.29, 0.717) is 22.5 Å². The number of aromatic carboxylic acids is 1. The molecular weight excluding hydrogens is 244 g/mol. The van der Waals surface area contributed by atoms with Crippen LogP contribution in [0.4, 0.5) is 5.82 Å². The minimum Gasteiger partial charge on any atom is -0.475 e. The number of anilines is 1. The van der Waals surface area contributed by atoms with Crippen molar-refractivity contribution in [3.8, 4) is 11.1 Å². The first kappa shape index (κ1) is 11.3. The van der Waals surface area contributed by atoms with E-state index in [-0.39, 0.29) is 5.76 Å². The molecule has 3 aromatic rings. The fourth-order valence-corrected chi connectivity index (χ4v) is 2.04. The largest absolute Gasteiger partial charge is 0.475 e. The third-order valence-corrected chi connectivity index (χ3v) is 2.86. The number of nitrogens with zero attached hydrogens (tertiary/aromatic N) is 1. The second-order valence-electron chi connectivity index (χ2n) is 4.08. The van der Waals surface area contributed by atoms with Crippen LogP contribution < -0.4 is 5.73 Å². The zero-order chi connectivity index (χ0) is 13.4. The summed E-state index contributed by atoms with van der Waals surface area (Å²) in [4.78, 5) is 15.3. The normalized spacial score (nSPS) is 10.7. The van der Waals surface area contributed by atoms with Crippen LogP contribution in [-0.2, 0) is 0 Å². The van der Waals surface area contributed by atoms with Crippen molar-refractivity contribution in [3.05, 3.63) is 48.4 Å². The fraction of sp³-hybridized carbons (Fsp3) is 0. The highest BCUT2D eigenvalue weighted by Crippen LogP contribution is 2.34. The van der Waals surface area contributed by atoms with E-state index in [2.05, 4.69) is 4.98 Å². The SMILES string of the molecule is Nc1ccc(-c2c(C(=O)O)oc3ccccc23)cn1. The molecule has 0 spiro atoms. The number of nitrogen functional groups attached to an aromatic ring is 1. The van der Waals surface area contributed by atoms with E-state index in [1.165, 1.54) is 0 Å². The molecule has 0 aliphatic rings. The molecule has 3 rings (SSSR count). The van der Waals surface area contributed by atoms with Crippen molar-refractivity contribution in [3.63, 3.8) is 0 Å². The number of furan rings is 1. The molecule has 0 radical (unpaired) electrons. The summed E-state index contributed by atoms with van der Waals surface area (Å²) in [6.07, 6.45) is 1.54. The van der Waals surface area contributed by atoms with Crippen LogP contribution in [0.1, 0.15) is 10.6 Å². The Balaban J connectivity index is 2.34. The number of fused-ring (bicyclic) bond motifs is 1. The third-order valence-electron chi connectivity index (χ3n) is 2.86. The second kappa shape index (κ2) is 4.13. The molecule has 0 unspecified atom stereocenters. The third kappa shape index (κ3) is 1.81. The molecule has 0 amide bonds. The minimum absolute atomic E-state index is 0.0900. The maximum Gasteiger partial charge on any atom is 0.372 e. The highest BCUT2D eigenvalue weighted by Gasteiger charge is 2.21. The smallest absolute Gasteiger partial charge is 0.372 e. The minimum atomic E-state index is -1.11. The number of carbonyl (C=O) groups is 1. The van der Waals surface area contributed by atoms with E-state index < -0.39 is 5.97 Å². The lowest BCUT2D eigenvalue weighted by Gasteiger charge is -2.00. The Bertz CT molecular complexity index is 760. The summed E-state index contributed by atoms with van der Waals surface area (Å²) < 4.78 is 5.39. The summed E-state index contributed by atoms with van der Waals surface area (Å²) in [7, 11) is 0. The molecule has 0 saturated heterocycles. The molecule has 0 bridgehead atoms. The Hall–Kier alpha value is -2.82. The number of para-hydroxylation sites is 1. The molecule has 0 atom stereocenters. The maximum absolute atomic E-state index is 11.3. The van der Waals surface area contributed by atoms with Crippen LogP contribution in [-0.4, -0.2) is 16.1 Å². The predicted molar refractivity (Wildman–Crippen MR) is 70.8 cm³/mol. The van der Waals surface area contributed by atoms with E-state index in [9.17, 15) is 9.90 Å². The van der Waals surface area contributed by atoms with Gasteiger partial charge >= 0.3 is 5.97 Å². The van der Waals surface area contributed by atoms with Crippen molar-refractivity contribution in [1.29, 1.82) is 0 Å². The van der Waals surface area contributed by atoms with Crippen molar-refractivity contribution >= 4 is 22.8 Å². The van der Waals surface area contributed by atoms with E-state index >= 15 is 0 Å². The Morgan fingerprint density at radius 1 is 1.21 bits per heavy atom. The number of nitrogens with two attached hydrogens (primary N) is 1. The Morgan fingerprint density at radius 2 is 2.00 bits per heavy atom. The molecule has 94 valence electrons. The highest BCUT2D eigenvalue weighted by atomic mass is 16.4.